The van der Waals surface area contributed by atoms with Crippen LogP contribution in [-0.2, 0) is 0 Å². The molecule has 6 heteroatoms. The van der Waals surface area contributed by atoms with Gasteiger partial charge in [0, 0.05) is 23.9 Å². The summed E-state index contributed by atoms with van der Waals surface area (Å²) in [7, 11) is 0. The van der Waals surface area contributed by atoms with Crippen LogP contribution < -0.4 is 15.4 Å². The highest BCUT2D eigenvalue weighted by atomic mass is 16.6. The van der Waals surface area contributed by atoms with Gasteiger partial charge in [-0.1, -0.05) is 6.92 Å². The fourth-order valence-electron chi connectivity index (χ4n) is 2.28. The lowest BCUT2D eigenvalue weighted by Crippen LogP contribution is -2.35. The Morgan fingerprint density at radius 3 is 2.80 bits per heavy atom. The maximum Gasteiger partial charge on any atom is 0.275 e. The Morgan fingerprint density at radius 1 is 1.40 bits per heavy atom. The fraction of sp³-hybridized carbons (Fsp3) is 0.571. The molecule has 0 spiro atoms. The number of nitro benzene ring substituents is 1. The minimum absolute atomic E-state index is 0.0648. The summed E-state index contributed by atoms with van der Waals surface area (Å²) in [6, 6.07) is 5.24. The molecule has 0 aromatic heterocycles. The van der Waals surface area contributed by atoms with Crippen molar-refractivity contribution in [2.45, 2.75) is 32.2 Å². The largest absolute Gasteiger partial charge is 0.493 e. The van der Waals surface area contributed by atoms with Crippen molar-refractivity contribution in [3.63, 3.8) is 0 Å². The predicted molar refractivity (Wildman–Crippen MR) is 78.4 cm³/mol. The van der Waals surface area contributed by atoms with Gasteiger partial charge in [-0.25, -0.2) is 0 Å². The van der Waals surface area contributed by atoms with Crippen LogP contribution in [0.3, 0.4) is 0 Å². The Morgan fingerprint density at radius 2 is 2.15 bits per heavy atom. The Balaban J connectivity index is 2.12. The Kier molecular flexibility index (Phi) is 5.17. The molecule has 20 heavy (non-hydrogen) atoms. The molecule has 1 fully saturated rings. The van der Waals surface area contributed by atoms with Gasteiger partial charge in [0.25, 0.3) is 5.69 Å². The third-order valence-corrected chi connectivity index (χ3v) is 3.28. The molecule has 1 aromatic carbocycles. The van der Waals surface area contributed by atoms with Crippen LogP contribution in [0.2, 0.25) is 0 Å². The van der Waals surface area contributed by atoms with E-state index in [2.05, 4.69) is 10.6 Å². The first-order chi connectivity index (χ1) is 9.69. The number of non-ortho nitro benzene ring substituents is 1. The zero-order valence-corrected chi connectivity index (χ0v) is 11.7. The molecule has 1 saturated heterocycles. The van der Waals surface area contributed by atoms with Gasteiger partial charge < -0.3 is 15.4 Å². The average Bonchev–Trinajstić information content (AvgIpc) is 2.46. The van der Waals surface area contributed by atoms with E-state index in [0.717, 1.165) is 38.0 Å². The van der Waals surface area contributed by atoms with Gasteiger partial charge in [-0.05, 0) is 32.4 Å². The van der Waals surface area contributed by atoms with Gasteiger partial charge in [-0.3, -0.25) is 10.1 Å². The molecule has 0 bridgehead atoms. The Labute approximate surface area is 118 Å². The van der Waals surface area contributed by atoms with Gasteiger partial charge in [0.2, 0.25) is 0 Å². The van der Waals surface area contributed by atoms with Crippen molar-refractivity contribution in [3.8, 4) is 5.75 Å². The maximum absolute atomic E-state index is 11.0. The lowest BCUT2D eigenvalue weighted by atomic mass is 10.1. The van der Waals surface area contributed by atoms with Gasteiger partial charge >= 0.3 is 0 Å². The van der Waals surface area contributed by atoms with Gasteiger partial charge in [0.15, 0.2) is 0 Å². The topological polar surface area (TPSA) is 76.4 Å². The van der Waals surface area contributed by atoms with Crippen molar-refractivity contribution in [1.29, 1.82) is 0 Å². The normalized spacial score (nSPS) is 15.8. The first-order valence-corrected chi connectivity index (χ1v) is 7.08. The average molecular weight is 279 g/mol. The second-order valence-corrected chi connectivity index (χ2v) is 4.99. The van der Waals surface area contributed by atoms with Crippen LogP contribution in [0.25, 0.3) is 0 Å². The number of hydrogen-bond donors (Lipinski definition) is 2. The number of rotatable bonds is 6. The van der Waals surface area contributed by atoms with E-state index in [1.54, 1.807) is 6.07 Å². The number of piperidine rings is 1. The summed E-state index contributed by atoms with van der Waals surface area (Å²) in [5.74, 6) is 0.553. The molecule has 6 nitrogen and oxygen atoms in total. The van der Waals surface area contributed by atoms with E-state index in [0.29, 0.717) is 18.4 Å². The smallest absolute Gasteiger partial charge is 0.275 e. The van der Waals surface area contributed by atoms with Crippen molar-refractivity contribution in [2.75, 3.05) is 25.0 Å². The SMILES string of the molecule is CCCOc1cc(NC2CCNCC2)cc([N+](=O)[O-])c1. The van der Waals surface area contributed by atoms with Crippen LogP contribution in [0.5, 0.6) is 5.75 Å². The number of ether oxygens (including phenoxy) is 1. The van der Waals surface area contributed by atoms with Crippen LogP contribution in [0.1, 0.15) is 26.2 Å². The number of anilines is 1. The molecule has 2 N–H and O–H groups in total. The molecule has 1 aliphatic rings. The quantitative estimate of drug-likeness (QED) is 0.618. The maximum atomic E-state index is 11.0. The lowest BCUT2D eigenvalue weighted by Gasteiger charge is -2.24. The molecule has 0 unspecified atom stereocenters. The Bertz CT molecular complexity index is 459. The molecule has 0 radical (unpaired) electrons. The van der Waals surface area contributed by atoms with Crippen LogP contribution in [0, 0.1) is 10.1 Å². The summed E-state index contributed by atoms with van der Waals surface area (Å²) in [5.41, 5.74) is 0.826. The highest BCUT2D eigenvalue weighted by Gasteiger charge is 2.15. The summed E-state index contributed by atoms with van der Waals surface area (Å²) < 4.78 is 5.52. The van der Waals surface area contributed by atoms with Crippen LogP contribution in [0.15, 0.2) is 18.2 Å². The molecule has 2 rings (SSSR count). The van der Waals surface area contributed by atoms with Gasteiger partial charge in [0.1, 0.15) is 5.75 Å². The molecule has 0 aliphatic carbocycles. The highest BCUT2D eigenvalue weighted by Crippen LogP contribution is 2.27. The fourth-order valence-corrected chi connectivity index (χ4v) is 2.28. The monoisotopic (exact) mass is 279 g/mol. The van der Waals surface area contributed by atoms with Crippen LogP contribution >= 0.6 is 0 Å². The summed E-state index contributed by atoms with van der Waals surface area (Å²) in [5, 5.41) is 17.6. The number of hydrogen-bond acceptors (Lipinski definition) is 5. The van der Waals surface area contributed by atoms with E-state index in [4.69, 9.17) is 4.74 Å². The van der Waals surface area contributed by atoms with Crippen molar-refractivity contribution < 1.29 is 9.66 Å². The second-order valence-electron chi connectivity index (χ2n) is 4.99. The second kappa shape index (κ2) is 7.09. The zero-order valence-electron chi connectivity index (χ0n) is 11.7. The number of nitro groups is 1. The van der Waals surface area contributed by atoms with E-state index < -0.39 is 0 Å². The third kappa shape index (κ3) is 4.09. The molecule has 0 saturated carbocycles. The molecule has 1 heterocycles. The molecule has 1 aliphatic heterocycles. The predicted octanol–water partition coefficient (Wildman–Crippen LogP) is 2.55. The Hall–Kier alpha value is -1.82. The van der Waals surface area contributed by atoms with Gasteiger partial charge in [0.05, 0.1) is 17.6 Å². The summed E-state index contributed by atoms with van der Waals surface area (Å²) in [4.78, 5) is 10.6. The molecule has 0 amide bonds. The minimum atomic E-state index is -0.383. The minimum Gasteiger partial charge on any atom is -0.493 e. The summed E-state index contributed by atoms with van der Waals surface area (Å²) in [6.45, 7) is 4.52. The van der Waals surface area contributed by atoms with Crippen molar-refractivity contribution in [3.05, 3.63) is 28.3 Å². The van der Waals surface area contributed by atoms with Gasteiger partial charge in [-0.2, -0.15) is 0 Å². The summed E-state index contributed by atoms with van der Waals surface area (Å²) >= 11 is 0. The number of benzene rings is 1. The molecule has 1 aromatic rings. The van der Waals surface area contributed by atoms with Crippen molar-refractivity contribution in [2.24, 2.45) is 0 Å². The van der Waals surface area contributed by atoms with Crippen molar-refractivity contribution in [1.82, 2.24) is 5.32 Å². The highest BCUT2D eigenvalue weighted by molar-refractivity contribution is 5.56. The standard InChI is InChI=1S/C14H21N3O3/c1-2-7-20-14-9-12(8-13(10-14)17(18)19)16-11-3-5-15-6-4-11/h8-11,15-16H,2-7H2,1H3. The van der Waals surface area contributed by atoms with Crippen LogP contribution in [0.4, 0.5) is 11.4 Å². The number of nitrogens with one attached hydrogen (secondary N) is 2. The van der Waals surface area contributed by atoms with Crippen molar-refractivity contribution >= 4 is 11.4 Å². The first-order valence-electron chi connectivity index (χ1n) is 7.08. The van der Waals surface area contributed by atoms with E-state index >= 15 is 0 Å². The van der Waals surface area contributed by atoms with E-state index in [1.807, 2.05) is 13.0 Å². The van der Waals surface area contributed by atoms with E-state index in [-0.39, 0.29) is 10.6 Å². The molecule has 0 atom stereocenters. The van der Waals surface area contributed by atoms with Gasteiger partial charge in [-0.15, -0.1) is 0 Å². The molecular formula is C14H21N3O3. The molecule has 110 valence electrons. The first kappa shape index (κ1) is 14.6. The van der Waals surface area contributed by atoms with E-state index in [1.165, 1.54) is 6.07 Å². The van der Waals surface area contributed by atoms with E-state index in [9.17, 15) is 10.1 Å². The third-order valence-electron chi connectivity index (χ3n) is 3.28. The molecular weight excluding hydrogens is 258 g/mol. The number of nitrogens with zero attached hydrogens (tertiary/aromatic N) is 1. The van der Waals surface area contributed by atoms with Crippen LogP contribution in [-0.4, -0.2) is 30.7 Å². The zero-order chi connectivity index (χ0) is 14.4. The lowest BCUT2D eigenvalue weighted by molar-refractivity contribution is -0.384. The summed E-state index contributed by atoms with van der Waals surface area (Å²) in [6.07, 6.45) is 2.92.